The Morgan fingerprint density at radius 3 is 1.04 bits per heavy atom. The van der Waals surface area contributed by atoms with Gasteiger partial charge in [0.1, 0.15) is 0 Å². The zero-order chi connectivity index (χ0) is 36.3. The van der Waals surface area contributed by atoms with Crippen LogP contribution in [-0.2, 0) is 5.41 Å². The number of benzene rings is 8. The van der Waals surface area contributed by atoms with Crippen LogP contribution in [0.5, 0.6) is 0 Å². The van der Waals surface area contributed by atoms with E-state index >= 15 is 0 Å². The predicted octanol–water partition coefficient (Wildman–Crippen LogP) is 12.6. The molecule has 55 heavy (non-hydrogen) atoms. The van der Waals surface area contributed by atoms with E-state index in [1.165, 1.54) is 55.6 Å². The van der Waals surface area contributed by atoms with Crippen molar-refractivity contribution < 1.29 is 0 Å². The second-order valence-electron chi connectivity index (χ2n) is 14.3. The topological polar surface area (TPSA) is 38.7 Å². The number of fused-ring (bicyclic) bond motifs is 10. The molecule has 2 aliphatic rings. The van der Waals surface area contributed by atoms with Gasteiger partial charge >= 0.3 is 0 Å². The molecule has 1 heterocycles. The van der Waals surface area contributed by atoms with Crippen LogP contribution in [0.4, 0.5) is 0 Å². The Labute approximate surface area is 320 Å². The summed E-state index contributed by atoms with van der Waals surface area (Å²) in [6.45, 7) is 0. The van der Waals surface area contributed by atoms with E-state index in [0.717, 1.165) is 27.8 Å². The molecule has 0 N–H and O–H groups in total. The van der Waals surface area contributed by atoms with Crippen molar-refractivity contribution in [2.75, 3.05) is 0 Å². The van der Waals surface area contributed by atoms with Crippen LogP contribution in [0.25, 0.3) is 78.7 Å². The Morgan fingerprint density at radius 2 is 0.564 bits per heavy atom. The van der Waals surface area contributed by atoms with Gasteiger partial charge in [-0.2, -0.15) is 0 Å². The molecule has 0 bridgehead atoms. The highest BCUT2D eigenvalue weighted by atomic mass is 15.0. The molecule has 256 valence electrons. The van der Waals surface area contributed by atoms with Gasteiger partial charge in [0.15, 0.2) is 17.5 Å². The van der Waals surface area contributed by atoms with Crippen molar-refractivity contribution in [3.8, 4) is 78.7 Å². The van der Waals surface area contributed by atoms with E-state index in [1.807, 2.05) is 12.1 Å². The van der Waals surface area contributed by atoms with Crippen LogP contribution >= 0.6 is 0 Å². The van der Waals surface area contributed by atoms with Crippen LogP contribution in [0, 0.1) is 0 Å². The number of hydrogen-bond acceptors (Lipinski definition) is 3. The fourth-order valence-corrected chi connectivity index (χ4v) is 8.98. The Kier molecular flexibility index (Phi) is 7.08. The van der Waals surface area contributed by atoms with E-state index in [-0.39, 0.29) is 0 Å². The summed E-state index contributed by atoms with van der Waals surface area (Å²) in [6.07, 6.45) is 0. The summed E-state index contributed by atoms with van der Waals surface area (Å²) in [4.78, 5) is 15.9. The molecule has 8 aromatic carbocycles. The lowest BCUT2D eigenvalue weighted by Gasteiger charge is -2.31. The van der Waals surface area contributed by atoms with Gasteiger partial charge in [0, 0.05) is 16.7 Å². The number of nitrogens with zero attached hydrogens (tertiary/aromatic N) is 3. The lowest BCUT2D eigenvalue weighted by Crippen LogP contribution is -2.26. The Bertz CT molecular complexity index is 2730. The fraction of sp³-hybridized carbons (Fsp3) is 0.0192. The molecular formula is C52H33N3. The smallest absolute Gasteiger partial charge is 0.164 e. The maximum Gasteiger partial charge on any atom is 0.164 e. The summed E-state index contributed by atoms with van der Waals surface area (Å²) in [5.41, 5.74) is 17.1. The van der Waals surface area contributed by atoms with Crippen molar-refractivity contribution in [2.24, 2.45) is 0 Å². The van der Waals surface area contributed by atoms with Crippen LogP contribution in [0.15, 0.2) is 200 Å². The lowest BCUT2D eigenvalue weighted by molar-refractivity contribution is 0.794. The number of aromatic nitrogens is 3. The minimum absolute atomic E-state index is 0.530. The fourth-order valence-electron chi connectivity index (χ4n) is 8.98. The number of rotatable bonds is 5. The minimum atomic E-state index is -0.530. The summed E-state index contributed by atoms with van der Waals surface area (Å²) in [6, 6.07) is 71.4. The van der Waals surface area contributed by atoms with E-state index in [4.69, 9.17) is 15.0 Å². The molecule has 3 heteroatoms. The van der Waals surface area contributed by atoms with Gasteiger partial charge in [0.25, 0.3) is 0 Å². The first-order valence-corrected chi connectivity index (χ1v) is 18.8. The Hall–Kier alpha value is -7.23. The van der Waals surface area contributed by atoms with Crippen molar-refractivity contribution in [2.45, 2.75) is 5.41 Å². The lowest BCUT2D eigenvalue weighted by atomic mass is 9.69. The van der Waals surface area contributed by atoms with Gasteiger partial charge in [-0.3, -0.25) is 0 Å². The minimum Gasteiger partial charge on any atom is -0.208 e. The summed E-state index contributed by atoms with van der Waals surface area (Å²) >= 11 is 0. The third-order valence-corrected chi connectivity index (χ3v) is 11.4. The second kappa shape index (κ2) is 12.4. The quantitative estimate of drug-likeness (QED) is 0.179. The molecule has 3 nitrogen and oxygen atoms in total. The Morgan fingerprint density at radius 1 is 0.236 bits per heavy atom. The van der Waals surface area contributed by atoms with E-state index in [1.54, 1.807) is 0 Å². The van der Waals surface area contributed by atoms with Crippen molar-refractivity contribution in [3.05, 3.63) is 222 Å². The molecule has 0 saturated heterocycles. The Balaban J connectivity index is 1.15. The summed E-state index contributed by atoms with van der Waals surface area (Å²) in [5.74, 6) is 1.94. The predicted molar refractivity (Wildman–Crippen MR) is 223 cm³/mol. The van der Waals surface area contributed by atoms with Crippen molar-refractivity contribution >= 4 is 0 Å². The average Bonchev–Trinajstić information content (AvgIpc) is 3.75. The molecule has 11 rings (SSSR count). The summed E-state index contributed by atoms with van der Waals surface area (Å²) in [7, 11) is 0. The maximum atomic E-state index is 5.35. The van der Waals surface area contributed by atoms with Crippen LogP contribution in [-0.4, -0.2) is 15.0 Å². The van der Waals surface area contributed by atoms with Crippen molar-refractivity contribution in [1.82, 2.24) is 15.0 Å². The van der Waals surface area contributed by atoms with E-state index < -0.39 is 5.41 Å². The molecule has 0 radical (unpaired) electrons. The van der Waals surface area contributed by atoms with Crippen molar-refractivity contribution in [3.63, 3.8) is 0 Å². The van der Waals surface area contributed by atoms with Gasteiger partial charge in [-0.15, -0.1) is 0 Å². The molecule has 1 aromatic heterocycles. The van der Waals surface area contributed by atoms with Crippen molar-refractivity contribution in [1.29, 1.82) is 0 Å². The van der Waals surface area contributed by atoms with E-state index in [2.05, 4.69) is 188 Å². The average molecular weight is 700 g/mol. The van der Waals surface area contributed by atoms with Gasteiger partial charge in [-0.1, -0.05) is 200 Å². The SMILES string of the molecule is c1ccc(-c2ccc(-c3nc(-c4ccc(-c5ccccc5)cc4)nc(-c4cccc5c4C4(c6ccccc6-c6ccccc64)c4ccccc4-5)n3)cc2)cc1. The van der Waals surface area contributed by atoms with Gasteiger partial charge in [-0.25, -0.2) is 15.0 Å². The molecule has 0 fully saturated rings. The highest BCUT2D eigenvalue weighted by Crippen LogP contribution is 2.64. The largest absolute Gasteiger partial charge is 0.208 e. The molecule has 9 aromatic rings. The van der Waals surface area contributed by atoms with E-state index in [9.17, 15) is 0 Å². The number of hydrogen-bond donors (Lipinski definition) is 0. The maximum absolute atomic E-state index is 5.35. The zero-order valence-electron chi connectivity index (χ0n) is 29.9. The van der Waals surface area contributed by atoms with Crippen LogP contribution in [0.1, 0.15) is 22.3 Å². The molecule has 2 aliphatic carbocycles. The standard InChI is InChI=1S/C52H33N3/c1-3-14-34(15-4-1)36-26-30-38(31-27-36)49-53-50(39-32-28-37(29-33-39)35-16-5-2-6-17-35)55-51(54-49)44-22-13-21-43-42-20-9-12-25-47(42)52(48(43)44)45-23-10-7-18-40(45)41-19-8-11-24-46(41)52/h1-33H. The summed E-state index contributed by atoms with van der Waals surface area (Å²) in [5, 5.41) is 0. The van der Waals surface area contributed by atoms with Crippen LogP contribution in [0.3, 0.4) is 0 Å². The monoisotopic (exact) mass is 699 g/mol. The van der Waals surface area contributed by atoms with E-state index in [0.29, 0.717) is 17.5 Å². The molecule has 0 amide bonds. The van der Waals surface area contributed by atoms with Crippen LogP contribution in [0.2, 0.25) is 0 Å². The van der Waals surface area contributed by atoms with Gasteiger partial charge < -0.3 is 0 Å². The molecule has 0 atom stereocenters. The van der Waals surface area contributed by atoms with Gasteiger partial charge in [0.2, 0.25) is 0 Å². The molecular weight excluding hydrogens is 667 g/mol. The third-order valence-electron chi connectivity index (χ3n) is 11.4. The van der Waals surface area contributed by atoms with Gasteiger partial charge in [0.05, 0.1) is 5.41 Å². The highest BCUT2D eigenvalue weighted by Gasteiger charge is 2.52. The highest BCUT2D eigenvalue weighted by molar-refractivity contribution is 5.98. The molecule has 0 aliphatic heterocycles. The third kappa shape index (κ3) is 4.80. The normalized spacial score (nSPS) is 12.9. The first kappa shape index (κ1) is 31.3. The molecule has 0 unspecified atom stereocenters. The van der Waals surface area contributed by atoms with Gasteiger partial charge in [-0.05, 0) is 66.8 Å². The second-order valence-corrected chi connectivity index (χ2v) is 14.3. The first-order chi connectivity index (χ1) is 27.3. The summed E-state index contributed by atoms with van der Waals surface area (Å²) < 4.78 is 0. The molecule has 1 spiro atoms. The molecule has 0 saturated carbocycles. The van der Waals surface area contributed by atoms with Crippen LogP contribution < -0.4 is 0 Å². The zero-order valence-corrected chi connectivity index (χ0v) is 29.9. The first-order valence-electron chi connectivity index (χ1n) is 18.8.